The van der Waals surface area contributed by atoms with Crippen molar-refractivity contribution >= 4 is 29.0 Å². The van der Waals surface area contributed by atoms with Crippen molar-refractivity contribution in [3.8, 4) is 11.5 Å². The van der Waals surface area contributed by atoms with Crippen LogP contribution in [0.25, 0.3) is 6.08 Å². The quantitative estimate of drug-likeness (QED) is 0.225. The molecule has 1 atom stereocenters. The summed E-state index contributed by atoms with van der Waals surface area (Å²) < 4.78 is 40.6. The van der Waals surface area contributed by atoms with Gasteiger partial charge < -0.3 is 14.8 Å². The Balaban J connectivity index is 1.39. The number of hydrogen-bond donors (Lipinski definition) is 1. The molecule has 2 heterocycles. The fourth-order valence-electron chi connectivity index (χ4n) is 5.37. The van der Waals surface area contributed by atoms with E-state index in [2.05, 4.69) is 5.32 Å². The number of nitrogens with one attached hydrogen (secondary N) is 1. The van der Waals surface area contributed by atoms with Crippen LogP contribution in [0.3, 0.4) is 0 Å². The SMILES string of the molecule is COc1ccc(/C=c2/sc3n(c2=O)[C@@H](c2ccccc2)C(C(=O)Nc2ccccc2C)=C(C)N=3)cc1COc1ccc(F)cc1F. The van der Waals surface area contributed by atoms with E-state index >= 15 is 0 Å². The number of anilines is 1. The molecule has 0 spiro atoms. The van der Waals surface area contributed by atoms with Crippen LogP contribution in [-0.2, 0) is 11.4 Å². The maximum atomic E-state index is 14.2. The van der Waals surface area contributed by atoms with E-state index in [0.29, 0.717) is 43.2 Å². The van der Waals surface area contributed by atoms with Gasteiger partial charge in [-0.15, -0.1) is 0 Å². The van der Waals surface area contributed by atoms with E-state index in [1.54, 1.807) is 35.8 Å². The lowest BCUT2D eigenvalue weighted by Crippen LogP contribution is -2.40. The van der Waals surface area contributed by atoms with E-state index in [0.717, 1.165) is 23.3 Å². The summed E-state index contributed by atoms with van der Waals surface area (Å²) in [7, 11) is 1.51. The van der Waals surface area contributed by atoms with Crippen molar-refractivity contribution in [2.24, 2.45) is 4.99 Å². The van der Waals surface area contributed by atoms with Gasteiger partial charge in [0.2, 0.25) is 0 Å². The van der Waals surface area contributed by atoms with Crippen molar-refractivity contribution in [1.29, 1.82) is 0 Å². The number of carbonyl (C=O) groups excluding carboxylic acids is 1. The second-order valence-electron chi connectivity index (χ2n) is 10.7. The Labute approximate surface area is 267 Å². The van der Waals surface area contributed by atoms with Gasteiger partial charge in [0.15, 0.2) is 16.4 Å². The molecule has 4 aromatic carbocycles. The molecule has 0 saturated carbocycles. The van der Waals surface area contributed by atoms with Crippen LogP contribution in [0.2, 0.25) is 0 Å². The number of carbonyl (C=O) groups is 1. The van der Waals surface area contributed by atoms with Gasteiger partial charge in [0.25, 0.3) is 11.5 Å². The first-order valence-electron chi connectivity index (χ1n) is 14.4. The minimum Gasteiger partial charge on any atom is -0.496 e. The van der Waals surface area contributed by atoms with Crippen molar-refractivity contribution in [3.05, 3.63) is 156 Å². The number of aromatic nitrogens is 1. The van der Waals surface area contributed by atoms with Crippen LogP contribution in [-0.4, -0.2) is 17.6 Å². The number of benzene rings is 4. The Kier molecular flexibility index (Phi) is 8.63. The number of rotatable bonds is 8. The number of methoxy groups -OCH3 is 1. The standard InChI is InChI=1S/C36H29F2N3O4S/c1-21-9-7-8-12-28(21)40-34(42)32-22(2)39-36-41(33(32)24-10-5-4-6-11-24)35(43)31(46-36)18-23-13-15-29(44-3)25(17-23)20-45-30-16-14-26(37)19-27(30)38/h4-19,33H,20H2,1-3H3,(H,40,42)/b31-18+/t33-/m0/s1. The van der Waals surface area contributed by atoms with Crippen molar-refractivity contribution in [2.75, 3.05) is 12.4 Å². The lowest BCUT2D eigenvalue weighted by Gasteiger charge is -2.25. The average Bonchev–Trinajstić information content (AvgIpc) is 3.35. The van der Waals surface area contributed by atoms with Gasteiger partial charge >= 0.3 is 0 Å². The van der Waals surface area contributed by atoms with Crippen molar-refractivity contribution in [3.63, 3.8) is 0 Å². The fraction of sp³-hybridized carbons (Fsp3) is 0.139. The molecule has 1 aromatic heterocycles. The summed E-state index contributed by atoms with van der Waals surface area (Å²) in [6, 6.07) is 24.6. The molecule has 1 aliphatic heterocycles. The molecule has 10 heteroatoms. The summed E-state index contributed by atoms with van der Waals surface area (Å²) in [6.07, 6.45) is 1.74. The second kappa shape index (κ2) is 12.9. The molecule has 1 amide bonds. The monoisotopic (exact) mass is 637 g/mol. The van der Waals surface area contributed by atoms with Gasteiger partial charge in [-0.1, -0.05) is 65.9 Å². The topological polar surface area (TPSA) is 81.9 Å². The number of thiazole rings is 1. The molecule has 0 unspecified atom stereocenters. The molecule has 0 bridgehead atoms. The van der Waals surface area contributed by atoms with Crippen LogP contribution in [0, 0.1) is 18.6 Å². The van der Waals surface area contributed by atoms with Gasteiger partial charge in [0, 0.05) is 17.3 Å². The number of allylic oxidation sites excluding steroid dienone is 1. The third-order valence-corrected chi connectivity index (χ3v) is 8.64. The van der Waals surface area contributed by atoms with Gasteiger partial charge in [-0.25, -0.2) is 13.8 Å². The molecule has 5 aromatic rings. The highest BCUT2D eigenvalue weighted by molar-refractivity contribution is 7.07. The lowest BCUT2D eigenvalue weighted by atomic mass is 9.95. The summed E-state index contributed by atoms with van der Waals surface area (Å²) in [6.45, 7) is 3.64. The summed E-state index contributed by atoms with van der Waals surface area (Å²) >= 11 is 1.22. The predicted molar refractivity (Wildman–Crippen MR) is 174 cm³/mol. The van der Waals surface area contributed by atoms with Crippen LogP contribution < -0.4 is 29.7 Å². The number of para-hydroxylation sites is 1. The van der Waals surface area contributed by atoms with Crippen LogP contribution in [0.5, 0.6) is 11.5 Å². The number of fused-ring (bicyclic) bond motifs is 1. The number of halogens is 2. The highest BCUT2D eigenvalue weighted by Gasteiger charge is 2.32. The number of aryl methyl sites for hydroxylation is 1. The third-order valence-electron chi connectivity index (χ3n) is 7.65. The number of ether oxygens (including phenoxy) is 2. The Morgan fingerprint density at radius 1 is 0.978 bits per heavy atom. The lowest BCUT2D eigenvalue weighted by molar-refractivity contribution is -0.113. The second-order valence-corrected chi connectivity index (χ2v) is 11.7. The molecule has 0 aliphatic carbocycles. The van der Waals surface area contributed by atoms with Gasteiger partial charge in [-0.2, -0.15) is 0 Å². The maximum absolute atomic E-state index is 14.2. The molecule has 0 fully saturated rings. The number of amides is 1. The van der Waals surface area contributed by atoms with Gasteiger partial charge in [-0.05, 0) is 66.9 Å². The van der Waals surface area contributed by atoms with Crippen LogP contribution in [0.4, 0.5) is 14.5 Å². The van der Waals surface area contributed by atoms with E-state index in [4.69, 9.17) is 14.5 Å². The van der Waals surface area contributed by atoms with Crippen LogP contribution in [0.15, 0.2) is 112 Å². The molecule has 1 aliphatic rings. The first kappa shape index (κ1) is 30.7. The van der Waals surface area contributed by atoms with E-state index in [9.17, 15) is 18.4 Å². The molecule has 6 rings (SSSR count). The number of hydrogen-bond acceptors (Lipinski definition) is 6. The molecule has 1 N–H and O–H groups in total. The van der Waals surface area contributed by atoms with Crippen LogP contribution >= 0.6 is 11.3 Å². The Hall–Kier alpha value is -5.35. The first-order chi connectivity index (χ1) is 22.2. The average molecular weight is 638 g/mol. The molecule has 46 heavy (non-hydrogen) atoms. The first-order valence-corrected chi connectivity index (χ1v) is 15.2. The fourth-order valence-corrected chi connectivity index (χ4v) is 6.41. The summed E-state index contributed by atoms with van der Waals surface area (Å²) in [5.74, 6) is -1.44. The van der Waals surface area contributed by atoms with E-state index in [1.165, 1.54) is 24.5 Å². The molecular weight excluding hydrogens is 608 g/mol. The zero-order valence-corrected chi connectivity index (χ0v) is 26.0. The van der Waals surface area contributed by atoms with E-state index in [-0.39, 0.29) is 23.8 Å². The van der Waals surface area contributed by atoms with Gasteiger partial charge in [0.1, 0.15) is 18.2 Å². The predicted octanol–water partition coefficient (Wildman–Crippen LogP) is 6.05. The molecule has 0 radical (unpaired) electrons. The Morgan fingerprint density at radius 2 is 1.72 bits per heavy atom. The minimum absolute atomic E-state index is 0.0543. The Bertz CT molecular complexity index is 2170. The third kappa shape index (κ3) is 6.12. The highest BCUT2D eigenvalue weighted by Crippen LogP contribution is 2.31. The molecular formula is C36H29F2N3O4S. The zero-order chi connectivity index (χ0) is 32.4. The number of nitrogens with zero attached hydrogens (tertiary/aromatic N) is 2. The normalized spacial score (nSPS) is 14.5. The Morgan fingerprint density at radius 3 is 2.46 bits per heavy atom. The van der Waals surface area contributed by atoms with Crippen molar-refractivity contribution in [1.82, 2.24) is 4.57 Å². The van der Waals surface area contributed by atoms with E-state index in [1.807, 2.05) is 61.5 Å². The van der Waals surface area contributed by atoms with E-state index < -0.39 is 17.7 Å². The summed E-state index contributed by atoms with van der Waals surface area (Å²) in [4.78, 5) is 33.1. The summed E-state index contributed by atoms with van der Waals surface area (Å²) in [5.41, 5.74) is 4.24. The highest BCUT2D eigenvalue weighted by atomic mass is 32.1. The maximum Gasteiger partial charge on any atom is 0.271 e. The molecule has 0 saturated heterocycles. The van der Waals surface area contributed by atoms with Crippen molar-refractivity contribution in [2.45, 2.75) is 26.5 Å². The van der Waals surface area contributed by atoms with Crippen LogP contribution in [0.1, 0.15) is 35.2 Å². The molecule has 232 valence electrons. The van der Waals surface area contributed by atoms with Crippen molar-refractivity contribution < 1.29 is 23.0 Å². The summed E-state index contributed by atoms with van der Waals surface area (Å²) in [5, 5.41) is 3.01. The zero-order valence-electron chi connectivity index (χ0n) is 25.2. The largest absolute Gasteiger partial charge is 0.496 e. The van der Waals surface area contributed by atoms with Gasteiger partial charge in [0.05, 0.1) is 29.0 Å². The molecule has 7 nitrogen and oxygen atoms in total. The van der Waals surface area contributed by atoms with Gasteiger partial charge in [-0.3, -0.25) is 14.2 Å². The minimum atomic E-state index is -0.813. The smallest absolute Gasteiger partial charge is 0.271 e.